The van der Waals surface area contributed by atoms with E-state index in [1.807, 2.05) is 31.2 Å². The summed E-state index contributed by atoms with van der Waals surface area (Å²) in [5, 5.41) is 11.0. The topological polar surface area (TPSA) is 63.5 Å². The van der Waals surface area contributed by atoms with E-state index in [1.165, 1.54) is 6.07 Å². The van der Waals surface area contributed by atoms with E-state index >= 15 is 0 Å². The molecule has 0 radical (unpaired) electrons. The lowest BCUT2D eigenvalue weighted by atomic mass is 10.0. The van der Waals surface area contributed by atoms with Gasteiger partial charge in [0.15, 0.2) is 0 Å². The Balaban J connectivity index is 2.27. The van der Waals surface area contributed by atoms with Crippen molar-refractivity contribution in [1.29, 1.82) is 0 Å². The number of benzene rings is 2. The van der Waals surface area contributed by atoms with Crippen molar-refractivity contribution in [3.8, 4) is 0 Å². The van der Waals surface area contributed by atoms with E-state index in [0.29, 0.717) is 17.7 Å². The molecule has 1 amide bonds. The monoisotopic (exact) mass is 298 g/mol. The van der Waals surface area contributed by atoms with Crippen LogP contribution in [-0.4, -0.2) is 22.8 Å². The summed E-state index contributed by atoms with van der Waals surface area (Å²) in [5.41, 5.74) is 2.90. The molecular formula is C17H18N2O3. The van der Waals surface area contributed by atoms with Crippen LogP contribution in [0.4, 0.5) is 5.69 Å². The highest BCUT2D eigenvalue weighted by molar-refractivity contribution is 5.96. The van der Waals surface area contributed by atoms with Gasteiger partial charge in [-0.25, -0.2) is 0 Å². The SMILES string of the molecule is Cc1ccccc1CN(C)C(=O)c1cccc([N+](=O)[O-])c1C. The molecule has 0 fully saturated rings. The van der Waals surface area contributed by atoms with E-state index in [2.05, 4.69) is 0 Å². The van der Waals surface area contributed by atoms with Crippen LogP contribution in [0.2, 0.25) is 0 Å². The number of carbonyl (C=O) groups excluding carboxylic acids is 1. The Bertz CT molecular complexity index is 726. The van der Waals surface area contributed by atoms with E-state index in [4.69, 9.17) is 0 Å². The zero-order valence-corrected chi connectivity index (χ0v) is 12.9. The number of rotatable bonds is 4. The lowest BCUT2D eigenvalue weighted by Crippen LogP contribution is -2.27. The minimum absolute atomic E-state index is 0.0323. The zero-order chi connectivity index (χ0) is 16.3. The van der Waals surface area contributed by atoms with Gasteiger partial charge < -0.3 is 4.90 Å². The largest absolute Gasteiger partial charge is 0.337 e. The van der Waals surface area contributed by atoms with Gasteiger partial charge in [0.05, 0.1) is 4.92 Å². The van der Waals surface area contributed by atoms with Gasteiger partial charge in [-0.1, -0.05) is 30.3 Å². The van der Waals surface area contributed by atoms with Gasteiger partial charge in [-0.2, -0.15) is 0 Å². The maximum Gasteiger partial charge on any atom is 0.273 e. The minimum Gasteiger partial charge on any atom is -0.337 e. The van der Waals surface area contributed by atoms with Gasteiger partial charge in [0.1, 0.15) is 0 Å². The lowest BCUT2D eigenvalue weighted by Gasteiger charge is -2.19. The molecule has 2 rings (SSSR count). The van der Waals surface area contributed by atoms with Crippen molar-refractivity contribution in [1.82, 2.24) is 4.90 Å². The summed E-state index contributed by atoms with van der Waals surface area (Å²) in [4.78, 5) is 24.7. The van der Waals surface area contributed by atoms with Crippen LogP contribution in [0.15, 0.2) is 42.5 Å². The van der Waals surface area contributed by atoms with Crippen molar-refractivity contribution >= 4 is 11.6 Å². The Kier molecular flexibility index (Phi) is 4.56. The second-order valence-corrected chi connectivity index (χ2v) is 5.29. The Hall–Kier alpha value is -2.69. The average molecular weight is 298 g/mol. The Morgan fingerprint density at radius 2 is 1.82 bits per heavy atom. The highest BCUT2D eigenvalue weighted by atomic mass is 16.6. The molecule has 2 aromatic carbocycles. The van der Waals surface area contributed by atoms with Crippen LogP contribution < -0.4 is 0 Å². The number of nitrogens with zero attached hydrogens (tertiary/aromatic N) is 2. The molecule has 22 heavy (non-hydrogen) atoms. The molecule has 2 aromatic rings. The maximum absolute atomic E-state index is 12.6. The fourth-order valence-corrected chi connectivity index (χ4v) is 2.37. The van der Waals surface area contributed by atoms with Gasteiger partial charge in [0.25, 0.3) is 11.6 Å². The van der Waals surface area contributed by atoms with Gasteiger partial charge in [-0.15, -0.1) is 0 Å². The molecule has 0 saturated heterocycles. The van der Waals surface area contributed by atoms with Crippen molar-refractivity contribution < 1.29 is 9.72 Å². The zero-order valence-electron chi connectivity index (χ0n) is 12.9. The van der Waals surface area contributed by atoms with E-state index < -0.39 is 4.92 Å². The summed E-state index contributed by atoms with van der Waals surface area (Å²) >= 11 is 0. The van der Waals surface area contributed by atoms with Crippen LogP contribution in [0.3, 0.4) is 0 Å². The first-order chi connectivity index (χ1) is 10.4. The van der Waals surface area contributed by atoms with Crippen LogP contribution in [0.1, 0.15) is 27.0 Å². The van der Waals surface area contributed by atoms with Gasteiger partial charge in [0, 0.05) is 30.8 Å². The lowest BCUT2D eigenvalue weighted by molar-refractivity contribution is -0.385. The number of nitro benzene ring substituents is 1. The van der Waals surface area contributed by atoms with Crippen LogP contribution in [-0.2, 0) is 6.54 Å². The van der Waals surface area contributed by atoms with Crippen molar-refractivity contribution in [3.05, 3.63) is 74.8 Å². The molecule has 0 atom stereocenters. The number of carbonyl (C=O) groups is 1. The summed E-state index contributed by atoms with van der Waals surface area (Å²) in [6, 6.07) is 12.4. The van der Waals surface area contributed by atoms with Crippen molar-refractivity contribution in [2.45, 2.75) is 20.4 Å². The molecule has 0 unspecified atom stereocenters. The highest BCUT2D eigenvalue weighted by Crippen LogP contribution is 2.22. The van der Waals surface area contributed by atoms with Crippen molar-refractivity contribution in [3.63, 3.8) is 0 Å². The Morgan fingerprint density at radius 1 is 1.14 bits per heavy atom. The summed E-state index contributed by atoms with van der Waals surface area (Å²) in [6.45, 7) is 4.06. The third-order valence-corrected chi connectivity index (χ3v) is 3.75. The van der Waals surface area contributed by atoms with Crippen LogP contribution in [0.25, 0.3) is 0 Å². The molecule has 0 saturated carbocycles. The number of hydrogen-bond acceptors (Lipinski definition) is 3. The molecule has 0 aliphatic heterocycles. The summed E-state index contributed by atoms with van der Waals surface area (Å²) < 4.78 is 0. The van der Waals surface area contributed by atoms with E-state index in [9.17, 15) is 14.9 Å². The van der Waals surface area contributed by atoms with Gasteiger partial charge in [-0.3, -0.25) is 14.9 Å². The molecule has 0 aliphatic carbocycles. The van der Waals surface area contributed by atoms with E-state index in [-0.39, 0.29) is 11.6 Å². The number of amides is 1. The van der Waals surface area contributed by atoms with Gasteiger partial charge in [0.2, 0.25) is 0 Å². The normalized spacial score (nSPS) is 10.3. The van der Waals surface area contributed by atoms with Crippen LogP contribution in [0.5, 0.6) is 0 Å². The number of aryl methyl sites for hydroxylation is 1. The molecule has 0 N–H and O–H groups in total. The first kappa shape index (κ1) is 15.7. The predicted molar refractivity (Wildman–Crippen MR) is 84.8 cm³/mol. The third kappa shape index (κ3) is 3.14. The molecular weight excluding hydrogens is 280 g/mol. The first-order valence-electron chi connectivity index (χ1n) is 6.95. The fourth-order valence-electron chi connectivity index (χ4n) is 2.37. The summed E-state index contributed by atoms with van der Waals surface area (Å²) in [7, 11) is 1.70. The minimum atomic E-state index is -0.465. The fraction of sp³-hybridized carbons (Fsp3) is 0.235. The highest BCUT2D eigenvalue weighted by Gasteiger charge is 2.20. The quantitative estimate of drug-likeness (QED) is 0.641. The third-order valence-electron chi connectivity index (χ3n) is 3.75. The van der Waals surface area contributed by atoms with Crippen molar-refractivity contribution in [2.24, 2.45) is 0 Å². The molecule has 114 valence electrons. The second kappa shape index (κ2) is 6.39. The van der Waals surface area contributed by atoms with Crippen LogP contribution >= 0.6 is 0 Å². The molecule has 0 spiro atoms. The van der Waals surface area contributed by atoms with E-state index in [1.54, 1.807) is 31.0 Å². The first-order valence-corrected chi connectivity index (χ1v) is 6.95. The summed E-state index contributed by atoms with van der Waals surface area (Å²) in [5.74, 6) is -0.218. The smallest absolute Gasteiger partial charge is 0.273 e. The molecule has 0 heterocycles. The Morgan fingerprint density at radius 3 is 2.45 bits per heavy atom. The molecule has 5 nitrogen and oxygen atoms in total. The molecule has 0 aliphatic rings. The number of nitro groups is 1. The standard InChI is InChI=1S/C17H18N2O3/c1-12-7-4-5-8-14(12)11-18(3)17(20)15-9-6-10-16(13(15)2)19(21)22/h4-10H,11H2,1-3H3. The second-order valence-electron chi connectivity index (χ2n) is 5.29. The van der Waals surface area contributed by atoms with Crippen molar-refractivity contribution in [2.75, 3.05) is 7.05 Å². The molecule has 0 bridgehead atoms. The van der Waals surface area contributed by atoms with Gasteiger partial charge >= 0.3 is 0 Å². The predicted octanol–water partition coefficient (Wildman–Crippen LogP) is 3.48. The Labute approximate surface area is 129 Å². The maximum atomic E-state index is 12.6. The molecule has 5 heteroatoms. The number of hydrogen-bond donors (Lipinski definition) is 0. The van der Waals surface area contributed by atoms with Crippen LogP contribution in [0, 0.1) is 24.0 Å². The summed E-state index contributed by atoms with van der Waals surface area (Å²) in [6.07, 6.45) is 0. The molecule has 0 aromatic heterocycles. The van der Waals surface area contributed by atoms with Gasteiger partial charge in [-0.05, 0) is 31.0 Å². The van der Waals surface area contributed by atoms with E-state index in [0.717, 1.165) is 11.1 Å². The average Bonchev–Trinajstić information content (AvgIpc) is 2.48.